The number of hydrogen-bond donors (Lipinski definition) is 2. The van der Waals surface area contributed by atoms with Crippen molar-refractivity contribution in [1.29, 1.82) is 0 Å². The molecule has 2 N–H and O–H groups in total. The summed E-state index contributed by atoms with van der Waals surface area (Å²) in [5, 5.41) is 10.6. The predicted octanol–water partition coefficient (Wildman–Crippen LogP) is -0.353. The Morgan fingerprint density at radius 3 is 3.00 bits per heavy atom. The molecule has 0 aliphatic carbocycles. The molecule has 0 bridgehead atoms. The van der Waals surface area contributed by atoms with Gasteiger partial charge >= 0.3 is 0 Å². The molecule has 7 heteroatoms. The van der Waals surface area contributed by atoms with Gasteiger partial charge in [0.1, 0.15) is 6.04 Å². The Hall–Kier alpha value is -1.60. The van der Waals surface area contributed by atoms with Crippen molar-refractivity contribution in [2.24, 2.45) is 7.05 Å². The fourth-order valence-corrected chi connectivity index (χ4v) is 2.81. The van der Waals surface area contributed by atoms with E-state index in [0.29, 0.717) is 19.6 Å². The van der Waals surface area contributed by atoms with Crippen LogP contribution in [0.2, 0.25) is 0 Å². The van der Waals surface area contributed by atoms with Gasteiger partial charge in [-0.15, -0.1) is 0 Å². The SMILES string of the molecule is CCNC(=O)C1CNCCN1Cc1c(C)nn(C)c1OC. The molecule has 1 atom stereocenters. The van der Waals surface area contributed by atoms with Crippen LogP contribution >= 0.6 is 0 Å². The maximum Gasteiger partial charge on any atom is 0.238 e. The van der Waals surface area contributed by atoms with Gasteiger partial charge in [0.25, 0.3) is 0 Å². The molecule has 118 valence electrons. The van der Waals surface area contributed by atoms with E-state index in [4.69, 9.17) is 4.74 Å². The number of ether oxygens (including phenoxy) is 1. The maximum absolute atomic E-state index is 12.2. The zero-order valence-electron chi connectivity index (χ0n) is 13.3. The molecule has 7 nitrogen and oxygen atoms in total. The third-order valence-electron chi connectivity index (χ3n) is 3.85. The first kappa shape index (κ1) is 15.8. The van der Waals surface area contributed by atoms with Crippen molar-refractivity contribution in [1.82, 2.24) is 25.3 Å². The number of carbonyl (C=O) groups excluding carboxylic acids is 1. The fraction of sp³-hybridized carbons (Fsp3) is 0.714. The lowest BCUT2D eigenvalue weighted by Gasteiger charge is -2.35. The van der Waals surface area contributed by atoms with Crippen molar-refractivity contribution < 1.29 is 9.53 Å². The molecule has 1 amide bonds. The van der Waals surface area contributed by atoms with Gasteiger partial charge in [0.05, 0.1) is 18.4 Å². The maximum atomic E-state index is 12.2. The lowest BCUT2D eigenvalue weighted by Crippen LogP contribution is -2.57. The molecule has 1 aliphatic heterocycles. The number of nitrogens with one attached hydrogen (secondary N) is 2. The highest BCUT2D eigenvalue weighted by Gasteiger charge is 2.30. The Bertz CT molecular complexity index is 500. The molecule has 1 fully saturated rings. The smallest absolute Gasteiger partial charge is 0.238 e. The van der Waals surface area contributed by atoms with Crippen molar-refractivity contribution in [3.63, 3.8) is 0 Å². The van der Waals surface area contributed by atoms with Crippen LogP contribution < -0.4 is 15.4 Å². The van der Waals surface area contributed by atoms with E-state index in [2.05, 4.69) is 20.6 Å². The Kier molecular flexibility index (Phi) is 5.19. The molecule has 1 unspecified atom stereocenters. The zero-order chi connectivity index (χ0) is 15.4. The van der Waals surface area contributed by atoms with Crippen molar-refractivity contribution in [2.45, 2.75) is 26.4 Å². The fourth-order valence-electron chi connectivity index (χ4n) is 2.81. The minimum Gasteiger partial charge on any atom is -0.481 e. The minimum absolute atomic E-state index is 0.0743. The number of nitrogens with zero attached hydrogens (tertiary/aromatic N) is 3. The van der Waals surface area contributed by atoms with Crippen LogP contribution in [0, 0.1) is 6.92 Å². The molecule has 0 spiro atoms. The Morgan fingerprint density at radius 2 is 2.33 bits per heavy atom. The summed E-state index contributed by atoms with van der Waals surface area (Å²) < 4.78 is 7.18. The highest BCUT2D eigenvalue weighted by Crippen LogP contribution is 2.23. The summed E-state index contributed by atoms with van der Waals surface area (Å²) in [5.41, 5.74) is 2.00. The van der Waals surface area contributed by atoms with E-state index in [-0.39, 0.29) is 11.9 Å². The molecular weight excluding hydrogens is 270 g/mol. The number of aryl methyl sites for hydroxylation is 2. The van der Waals surface area contributed by atoms with Crippen LogP contribution in [0.15, 0.2) is 0 Å². The number of methoxy groups -OCH3 is 1. The third kappa shape index (κ3) is 3.36. The van der Waals surface area contributed by atoms with Crippen LogP contribution in [-0.4, -0.2) is 59.9 Å². The van der Waals surface area contributed by atoms with Crippen LogP contribution in [0.4, 0.5) is 0 Å². The van der Waals surface area contributed by atoms with Crippen LogP contribution in [0.3, 0.4) is 0 Å². The average molecular weight is 295 g/mol. The van der Waals surface area contributed by atoms with E-state index in [1.807, 2.05) is 20.9 Å². The van der Waals surface area contributed by atoms with Gasteiger partial charge in [0.2, 0.25) is 11.8 Å². The van der Waals surface area contributed by atoms with E-state index >= 15 is 0 Å². The zero-order valence-corrected chi connectivity index (χ0v) is 13.3. The topological polar surface area (TPSA) is 71.4 Å². The lowest BCUT2D eigenvalue weighted by atomic mass is 10.1. The van der Waals surface area contributed by atoms with Crippen LogP contribution in [0.5, 0.6) is 5.88 Å². The number of carbonyl (C=O) groups is 1. The summed E-state index contributed by atoms with van der Waals surface area (Å²) in [7, 11) is 3.52. The molecule has 21 heavy (non-hydrogen) atoms. The lowest BCUT2D eigenvalue weighted by molar-refractivity contribution is -0.127. The van der Waals surface area contributed by atoms with Gasteiger partial charge in [-0.25, -0.2) is 4.68 Å². The molecule has 1 saturated heterocycles. The molecule has 0 saturated carbocycles. The number of piperazine rings is 1. The summed E-state index contributed by atoms with van der Waals surface area (Å²) in [4.78, 5) is 14.4. The molecule has 1 aliphatic rings. The standard InChI is InChI=1S/C14H25N5O2/c1-5-16-13(20)12-8-15-6-7-19(12)9-11-10(2)17-18(3)14(11)21-4/h12,15H,5-9H2,1-4H3,(H,16,20). The number of likely N-dealkylation sites (N-methyl/N-ethyl adjacent to an activating group) is 1. The minimum atomic E-state index is -0.150. The average Bonchev–Trinajstić information content (AvgIpc) is 2.73. The second kappa shape index (κ2) is 6.91. The van der Waals surface area contributed by atoms with Gasteiger partial charge < -0.3 is 15.4 Å². The highest BCUT2D eigenvalue weighted by atomic mass is 16.5. The molecule has 2 heterocycles. The molecule has 0 aromatic carbocycles. The van der Waals surface area contributed by atoms with E-state index < -0.39 is 0 Å². The summed E-state index contributed by atoms with van der Waals surface area (Å²) in [6.07, 6.45) is 0. The van der Waals surface area contributed by atoms with Gasteiger partial charge in [0.15, 0.2) is 0 Å². The summed E-state index contributed by atoms with van der Waals surface area (Å²) >= 11 is 0. The van der Waals surface area contributed by atoms with Gasteiger partial charge in [-0.2, -0.15) is 5.10 Å². The Labute approximate surface area is 125 Å². The quantitative estimate of drug-likeness (QED) is 0.777. The first-order valence-corrected chi connectivity index (χ1v) is 7.37. The molecule has 1 aromatic heterocycles. The van der Waals surface area contributed by atoms with Gasteiger partial charge in [-0.1, -0.05) is 0 Å². The van der Waals surface area contributed by atoms with Crippen LogP contribution in [0.1, 0.15) is 18.2 Å². The molecule has 2 rings (SSSR count). The normalized spacial score (nSPS) is 19.5. The van der Waals surface area contributed by atoms with Gasteiger partial charge in [-0.3, -0.25) is 9.69 Å². The van der Waals surface area contributed by atoms with Crippen LogP contribution in [-0.2, 0) is 18.4 Å². The molecular formula is C14H25N5O2. The second-order valence-electron chi connectivity index (χ2n) is 5.28. The Balaban J connectivity index is 2.18. The summed E-state index contributed by atoms with van der Waals surface area (Å²) in [6, 6.07) is -0.150. The van der Waals surface area contributed by atoms with E-state index in [0.717, 1.165) is 30.2 Å². The van der Waals surface area contributed by atoms with Crippen molar-refractivity contribution in [2.75, 3.05) is 33.3 Å². The van der Waals surface area contributed by atoms with Gasteiger partial charge in [-0.05, 0) is 13.8 Å². The second-order valence-corrected chi connectivity index (χ2v) is 5.28. The molecule has 1 aromatic rings. The van der Waals surface area contributed by atoms with Crippen molar-refractivity contribution in [3.05, 3.63) is 11.3 Å². The summed E-state index contributed by atoms with van der Waals surface area (Å²) in [5.74, 6) is 0.839. The number of hydrogen-bond acceptors (Lipinski definition) is 5. The van der Waals surface area contributed by atoms with E-state index in [9.17, 15) is 4.79 Å². The number of amides is 1. The van der Waals surface area contributed by atoms with E-state index in [1.54, 1.807) is 11.8 Å². The third-order valence-corrected chi connectivity index (χ3v) is 3.85. The number of aromatic nitrogens is 2. The molecule has 0 radical (unpaired) electrons. The number of rotatable bonds is 5. The van der Waals surface area contributed by atoms with Gasteiger partial charge in [0, 0.05) is 39.8 Å². The predicted molar refractivity (Wildman–Crippen MR) is 80.2 cm³/mol. The first-order chi connectivity index (χ1) is 10.1. The van der Waals surface area contributed by atoms with Crippen molar-refractivity contribution in [3.8, 4) is 5.88 Å². The largest absolute Gasteiger partial charge is 0.481 e. The first-order valence-electron chi connectivity index (χ1n) is 7.37. The summed E-state index contributed by atoms with van der Waals surface area (Å²) in [6.45, 7) is 7.63. The highest BCUT2D eigenvalue weighted by molar-refractivity contribution is 5.82. The van der Waals surface area contributed by atoms with Crippen LogP contribution in [0.25, 0.3) is 0 Å². The Morgan fingerprint density at radius 1 is 1.57 bits per heavy atom. The van der Waals surface area contributed by atoms with E-state index in [1.165, 1.54) is 0 Å². The van der Waals surface area contributed by atoms with Crippen molar-refractivity contribution >= 4 is 5.91 Å². The monoisotopic (exact) mass is 295 g/mol.